The Morgan fingerprint density at radius 1 is 1.22 bits per heavy atom. The Bertz CT molecular complexity index is 1170. The van der Waals surface area contributed by atoms with Gasteiger partial charge in [-0.2, -0.15) is 8.78 Å². The molecule has 0 atom stereocenters. The lowest BCUT2D eigenvalue weighted by Gasteiger charge is -2.39. The van der Waals surface area contributed by atoms with E-state index in [0.29, 0.717) is 17.8 Å². The molecule has 0 saturated carbocycles. The number of anilines is 2. The normalized spacial score (nSPS) is 15.2. The van der Waals surface area contributed by atoms with Gasteiger partial charge in [0.25, 0.3) is 0 Å². The quantitative estimate of drug-likeness (QED) is 0.589. The summed E-state index contributed by atoms with van der Waals surface area (Å²) in [5, 5.41) is 7.31. The molecule has 0 aromatic carbocycles. The number of hydrogen-bond donors (Lipinski definition) is 1. The lowest BCUT2D eigenvalue weighted by atomic mass is 10.1. The molecule has 32 heavy (non-hydrogen) atoms. The number of carbonyl (C=O) groups excluding carboxylic acids is 1. The van der Waals surface area contributed by atoms with Gasteiger partial charge in [0, 0.05) is 51.5 Å². The van der Waals surface area contributed by atoms with E-state index >= 15 is 0 Å². The molecule has 4 rings (SSSR count). The summed E-state index contributed by atoms with van der Waals surface area (Å²) in [6.07, 6.45) is -3.29. The average Bonchev–Trinajstić information content (AvgIpc) is 3.01. The van der Waals surface area contributed by atoms with E-state index in [0.717, 1.165) is 6.20 Å². The van der Waals surface area contributed by atoms with Gasteiger partial charge in [-0.15, -0.1) is 18.3 Å². The number of pyridine rings is 1. The summed E-state index contributed by atoms with van der Waals surface area (Å²) in [7, 11) is 0. The van der Waals surface area contributed by atoms with Crippen LogP contribution < -0.4 is 10.2 Å². The second-order valence-electron chi connectivity index (χ2n) is 7.22. The van der Waals surface area contributed by atoms with Crippen molar-refractivity contribution in [1.82, 2.24) is 24.7 Å². The molecule has 1 aliphatic heterocycles. The lowest BCUT2D eigenvalue weighted by molar-refractivity contribution is -0.344. The number of nitrogens with zero attached hydrogens (tertiary/aromatic N) is 6. The number of alkyl halides is 5. The number of fused-ring (bicyclic) bond motifs is 1. The summed E-state index contributed by atoms with van der Waals surface area (Å²) in [6, 6.07) is 2.82. The molecule has 0 radical (unpaired) electrons. The number of ether oxygens (including phenoxy) is 1. The van der Waals surface area contributed by atoms with Crippen LogP contribution in [0.15, 0.2) is 24.5 Å². The number of nitrogens with one attached hydrogen (secondary N) is 1. The standard InChI is InChI=1S/C18H16F5N7O2/c1-9(31)26-13-5-12-11(6-25-13)15(29-7-10(8-29)32-18(21,22)23)28-30(12)14-3-4-24-16(27-14)17(2,19)20/h3-6,10H,7-8H2,1-2H3,(H,25,26,31). The second-order valence-corrected chi connectivity index (χ2v) is 7.22. The molecule has 3 aromatic heterocycles. The maximum absolute atomic E-state index is 13.7. The Labute approximate surface area is 177 Å². The van der Waals surface area contributed by atoms with Crippen LogP contribution in [0, 0.1) is 0 Å². The molecule has 170 valence electrons. The summed E-state index contributed by atoms with van der Waals surface area (Å²) in [4.78, 5) is 24.5. The van der Waals surface area contributed by atoms with E-state index in [9.17, 15) is 26.7 Å². The molecule has 1 fully saturated rings. The van der Waals surface area contributed by atoms with Crippen LogP contribution in [0.4, 0.5) is 33.6 Å². The van der Waals surface area contributed by atoms with Crippen LogP contribution in [0.1, 0.15) is 19.7 Å². The minimum atomic E-state index is -4.75. The maximum Gasteiger partial charge on any atom is 0.522 e. The number of aromatic nitrogens is 5. The van der Waals surface area contributed by atoms with Gasteiger partial charge in [-0.3, -0.25) is 9.53 Å². The lowest BCUT2D eigenvalue weighted by Crippen LogP contribution is -2.54. The highest BCUT2D eigenvalue weighted by molar-refractivity contribution is 5.95. The predicted molar refractivity (Wildman–Crippen MR) is 101 cm³/mol. The van der Waals surface area contributed by atoms with Crippen LogP contribution in [0.5, 0.6) is 0 Å². The molecule has 0 bridgehead atoms. The topological polar surface area (TPSA) is 98.1 Å². The van der Waals surface area contributed by atoms with Crippen molar-refractivity contribution in [2.45, 2.75) is 32.2 Å². The molecule has 1 N–H and O–H groups in total. The van der Waals surface area contributed by atoms with E-state index in [-0.39, 0.29) is 36.5 Å². The zero-order valence-electron chi connectivity index (χ0n) is 16.7. The van der Waals surface area contributed by atoms with E-state index in [1.807, 2.05) is 0 Å². The van der Waals surface area contributed by atoms with Gasteiger partial charge < -0.3 is 10.2 Å². The molecular formula is C18H16F5N7O2. The van der Waals surface area contributed by atoms with Gasteiger partial charge >= 0.3 is 12.3 Å². The molecule has 1 amide bonds. The van der Waals surface area contributed by atoms with Crippen LogP contribution in [0.25, 0.3) is 16.7 Å². The van der Waals surface area contributed by atoms with Crippen LogP contribution >= 0.6 is 0 Å². The number of halogens is 5. The Kier molecular flexibility index (Phi) is 5.19. The summed E-state index contributed by atoms with van der Waals surface area (Å²) < 4.78 is 70.0. The zero-order chi connectivity index (χ0) is 23.3. The molecule has 0 unspecified atom stereocenters. The number of rotatable bonds is 5. The summed E-state index contributed by atoms with van der Waals surface area (Å²) in [5.74, 6) is -3.95. The molecular weight excluding hydrogens is 441 g/mol. The third-order valence-electron chi connectivity index (χ3n) is 4.55. The van der Waals surface area contributed by atoms with Crippen molar-refractivity contribution in [3.05, 3.63) is 30.4 Å². The summed E-state index contributed by atoms with van der Waals surface area (Å²) in [5.41, 5.74) is 0.350. The van der Waals surface area contributed by atoms with Crippen LogP contribution in [-0.2, 0) is 15.5 Å². The smallest absolute Gasteiger partial charge is 0.349 e. The second kappa shape index (κ2) is 7.62. The van der Waals surface area contributed by atoms with E-state index in [1.54, 1.807) is 0 Å². The number of carbonyl (C=O) groups is 1. The SMILES string of the molecule is CC(=O)Nc1cc2c(cn1)c(N1CC(OC(F)(F)F)C1)nn2-c1ccnc(C(C)(F)F)n1. The third kappa shape index (κ3) is 4.44. The number of hydrogen-bond acceptors (Lipinski definition) is 7. The molecule has 1 aliphatic rings. The van der Waals surface area contributed by atoms with Crippen molar-refractivity contribution in [3.8, 4) is 5.82 Å². The van der Waals surface area contributed by atoms with Crippen molar-refractivity contribution in [2.24, 2.45) is 0 Å². The highest BCUT2D eigenvalue weighted by atomic mass is 19.4. The van der Waals surface area contributed by atoms with Gasteiger partial charge in [0.15, 0.2) is 11.6 Å². The fourth-order valence-electron chi connectivity index (χ4n) is 3.20. The van der Waals surface area contributed by atoms with E-state index < -0.39 is 24.2 Å². The van der Waals surface area contributed by atoms with Crippen molar-refractivity contribution >= 4 is 28.4 Å². The third-order valence-corrected chi connectivity index (χ3v) is 4.55. The minimum Gasteiger partial charge on any atom is -0.349 e. The summed E-state index contributed by atoms with van der Waals surface area (Å²) in [6.45, 7) is 1.77. The fraction of sp³-hybridized carbons (Fsp3) is 0.389. The Morgan fingerprint density at radius 2 is 1.94 bits per heavy atom. The molecule has 14 heteroatoms. The average molecular weight is 457 g/mol. The monoisotopic (exact) mass is 457 g/mol. The van der Waals surface area contributed by atoms with Gasteiger partial charge in [0.1, 0.15) is 11.9 Å². The largest absolute Gasteiger partial charge is 0.522 e. The molecule has 0 aliphatic carbocycles. The van der Waals surface area contributed by atoms with Gasteiger partial charge in [0.2, 0.25) is 11.7 Å². The predicted octanol–water partition coefficient (Wildman–Crippen LogP) is 3.01. The zero-order valence-corrected chi connectivity index (χ0v) is 16.7. The molecule has 0 spiro atoms. The fourth-order valence-corrected chi connectivity index (χ4v) is 3.20. The molecule has 3 aromatic rings. The molecule has 4 heterocycles. The van der Waals surface area contributed by atoms with E-state index in [2.05, 4.69) is 30.1 Å². The Balaban J connectivity index is 1.76. The molecule has 9 nitrogen and oxygen atoms in total. The first-order valence-corrected chi connectivity index (χ1v) is 9.28. The highest BCUT2D eigenvalue weighted by Crippen LogP contribution is 2.34. The van der Waals surface area contributed by atoms with Gasteiger partial charge in [0.05, 0.1) is 10.9 Å². The first kappa shape index (κ1) is 21.8. The van der Waals surface area contributed by atoms with E-state index in [1.165, 1.54) is 34.8 Å². The Morgan fingerprint density at radius 3 is 2.56 bits per heavy atom. The van der Waals surface area contributed by atoms with Gasteiger partial charge in [-0.25, -0.2) is 19.6 Å². The minimum absolute atomic E-state index is 0.0105. The maximum atomic E-state index is 13.7. The number of amides is 1. The highest BCUT2D eigenvalue weighted by Gasteiger charge is 2.40. The van der Waals surface area contributed by atoms with Crippen LogP contribution in [0.3, 0.4) is 0 Å². The van der Waals surface area contributed by atoms with Gasteiger partial charge in [-0.1, -0.05) is 0 Å². The first-order chi connectivity index (χ1) is 14.9. The Hall–Kier alpha value is -3.42. The van der Waals surface area contributed by atoms with Crippen molar-refractivity contribution in [2.75, 3.05) is 23.3 Å². The van der Waals surface area contributed by atoms with Crippen LogP contribution in [-0.4, -0.2) is 56.2 Å². The first-order valence-electron chi connectivity index (χ1n) is 9.28. The van der Waals surface area contributed by atoms with Crippen LogP contribution in [0.2, 0.25) is 0 Å². The van der Waals surface area contributed by atoms with Gasteiger partial charge in [-0.05, 0) is 0 Å². The molecule has 1 saturated heterocycles. The van der Waals surface area contributed by atoms with E-state index in [4.69, 9.17) is 0 Å². The van der Waals surface area contributed by atoms with Crippen molar-refractivity contribution < 1.29 is 31.5 Å². The van der Waals surface area contributed by atoms with Crippen molar-refractivity contribution in [1.29, 1.82) is 0 Å². The summed E-state index contributed by atoms with van der Waals surface area (Å²) >= 11 is 0. The van der Waals surface area contributed by atoms with Crippen molar-refractivity contribution in [3.63, 3.8) is 0 Å².